The second kappa shape index (κ2) is 12.9. The predicted octanol–water partition coefficient (Wildman–Crippen LogP) is 6.29. The second-order valence-electron chi connectivity index (χ2n) is 6.90. The molecule has 168 valence electrons. The molecule has 0 fully saturated rings. The van der Waals surface area contributed by atoms with Gasteiger partial charge in [-0.25, -0.2) is 0 Å². The topological polar surface area (TPSA) is 106 Å². The van der Waals surface area contributed by atoms with Gasteiger partial charge in [0.1, 0.15) is 0 Å². The van der Waals surface area contributed by atoms with Gasteiger partial charge in [0.05, 0.1) is 26.1 Å². The maximum Gasteiger partial charge on any atom is 0.206 e. The predicted molar refractivity (Wildman–Crippen MR) is 143 cm³/mol. The lowest BCUT2D eigenvalue weighted by Gasteiger charge is -2.13. The third-order valence-corrected chi connectivity index (χ3v) is 5.33. The van der Waals surface area contributed by atoms with E-state index < -0.39 is 0 Å². The fourth-order valence-corrected chi connectivity index (χ4v) is 3.39. The van der Waals surface area contributed by atoms with Gasteiger partial charge < -0.3 is 0 Å². The van der Waals surface area contributed by atoms with Gasteiger partial charge in [-0.15, -0.1) is 9.91 Å². The number of nitrogens with zero attached hydrogens (tertiary/aromatic N) is 8. The number of rotatable bonds is 2. The maximum absolute atomic E-state index is 8.75. The zero-order valence-corrected chi connectivity index (χ0v) is 20.4. The average molecular weight is 521 g/mol. The Kier molecular flexibility index (Phi) is 9.71. The SMILES string of the molecule is [C-]#[N+]/N=C1\C=C(C)C(=NC#N)C=C1Br.[C-]#[N+]/N=C1\C=C(C)C(=NC#N)C=C1c1ccc(C=C)cc1. The molecular weight excluding hydrogens is 504 g/mol. The highest BCUT2D eigenvalue weighted by molar-refractivity contribution is 9.12. The lowest BCUT2D eigenvalue weighted by Crippen LogP contribution is -2.11. The standard InChI is InChI=1S/C17H12N4.C9H5BrN4/c1-4-13-5-7-14(8-6-13)15-10-16(20-11-18)12(2)9-17(15)21-19-3;1-6-3-9(14-12-2)7(10)4-8(6)13-5-11/h4-10H,1H2,2H3;3-4H,1H3/b20-16?,21-17+;13-8?,14-9+. The minimum Gasteiger partial charge on any atom is -0.181 e. The molecule has 0 unspecified atom stereocenters. The molecule has 8 nitrogen and oxygen atoms in total. The highest BCUT2D eigenvalue weighted by Crippen LogP contribution is 2.24. The van der Waals surface area contributed by atoms with E-state index in [-0.39, 0.29) is 0 Å². The highest BCUT2D eigenvalue weighted by atomic mass is 79.9. The first-order valence-electron chi connectivity index (χ1n) is 9.90. The average Bonchev–Trinajstić information content (AvgIpc) is 2.85. The summed E-state index contributed by atoms with van der Waals surface area (Å²) in [5.74, 6) is 0. The minimum atomic E-state index is 0.550. The van der Waals surface area contributed by atoms with Crippen LogP contribution in [0, 0.1) is 36.1 Å². The molecule has 2 aliphatic rings. The van der Waals surface area contributed by atoms with Crippen LogP contribution < -0.4 is 0 Å². The Morgan fingerprint density at radius 2 is 1.34 bits per heavy atom. The van der Waals surface area contributed by atoms with Crippen LogP contribution in [-0.4, -0.2) is 22.8 Å². The van der Waals surface area contributed by atoms with Gasteiger partial charge in [-0.1, -0.05) is 36.9 Å². The van der Waals surface area contributed by atoms with Gasteiger partial charge >= 0.3 is 0 Å². The molecule has 3 rings (SSSR count). The molecular formula is C26H17BrN8. The van der Waals surface area contributed by atoms with Crippen LogP contribution in [0.4, 0.5) is 0 Å². The van der Waals surface area contributed by atoms with E-state index in [1.807, 2.05) is 38.1 Å². The van der Waals surface area contributed by atoms with Crippen molar-refractivity contribution in [2.75, 3.05) is 0 Å². The Bertz CT molecular complexity index is 1410. The molecule has 0 radical (unpaired) electrons. The van der Waals surface area contributed by atoms with Crippen LogP contribution in [0.15, 0.2) is 91.0 Å². The van der Waals surface area contributed by atoms with E-state index in [9.17, 15) is 0 Å². The zero-order chi connectivity index (χ0) is 25.8. The van der Waals surface area contributed by atoms with Crippen LogP contribution in [0.25, 0.3) is 21.6 Å². The van der Waals surface area contributed by atoms with E-state index in [1.165, 1.54) is 0 Å². The first-order chi connectivity index (χ1) is 16.9. The van der Waals surface area contributed by atoms with E-state index in [1.54, 1.807) is 42.8 Å². The number of hydrogen-bond acceptors (Lipinski definition) is 6. The summed E-state index contributed by atoms with van der Waals surface area (Å²) < 4.78 is 0.660. The first kappa shape index (κ1) is 26.3. The van der Waals surface area contributed by atoms with Crippen LogP contribution >= 0.6 is 15.9 Å². The number of nitriles is 2. The highest BCUT2D eigenvalue weighted by Gasteiger charge is 2.18. The van der Waals surface area contributed by atoms with E-state index in [0.29, 0.717) is 27.3 Å². The van der Waals surface area contributed by atoms with Crippen molar-refractivity contribution in [1.29, 1.82) is 10.5 Å². The Labute approximate surface area is 212 Å². The molecule has 35 heavy (non-hydrogen) atoms. The molecule has 2 aliphatic carbocycles. The Morgan fingerprint density at radius 1 is 0.829 bits per heavy atom. The van der Waals surface area contributed by atoms with Crippen molar-refractivity contribution in [2.24, 2.45) is 20.2 Å². The van der Waals surface area contributed by atoms with Crippen molar-refractivity contribution in [2.45, 2.75) is 13.8 Å². The fraction of sp³-hybridized carbons (Fsp3) is 0.0769. The van der Waals surface area contributed by atoms with Crippen molar-refractivity contribution in [3.63, 3.8) is 0 Å². The van der Waals surface area contributed by atoms with Gasteiger partial charge in [-0.05, 0) is 76.4 Å². The van der Waals surface area contributed by atoms with E-state index in [0.717, 1.165) is 27.8 Å². The number of hydrogen-bond donors (Lipinski definition) is 0. The maximum atomic E-state index is 8.75. The summed E-state index contributed by atoms with van der Waals surface area (Å²) in [5, 5.41) is 24.6. The van der Waals surface area contributed by atoms with E-state index in [2.05, 4.69) is 52.6 Å². The van der Waals surface area contributed by atoms with E-state index in [4.69, 9.17) is 23.7 Å². The van der Waals surface area contributed by atoms with Crippen LogP contribution in [0.3, 0.4) is 0 Å². The molecule has 1 aromatic carbocycles. The molecule has 0 aliphatic heterocycles. The summed E-state index contributed by atoms with van der Waals surface area (Å²) in [4.78, 5) is 13.5. The molecule has 0 N–H and O–H groups in total. The third-order valence-electron chi connectivity index (χ3n) is 4.69. The Hall–Kier alpha value is -4.96. The molecule has 9 heteroatoms. The van der Waals surface area contributed by atoms with Crippen LogP contribution in [-0.2, 0) is 0 Å². The summed E-state index contributed by atoms with van der Waals surface area (Å²) >= 11 is 3.25. The number of halogens is 1. The quantitative estimate of drug-likeness (QED) is 0.197. The minimum absolute atomic E-state index is 0.550. The third kappa shape index (κ3) is 7.01. The molecule has 0 amide bonds. The lowest BCUT2D eigenvalue weighted by molar-refractivity contribution is 1.42. The van der Waals surface area contributed by atoms with Crippen molar-refractivity contribution in [3.05, 3.63) is 105 Å². The van der Waals surface area contributed by atoms with Crippen molar-refractivity contribution < 1.29 is 0 Å². The lowest BCUT2D eigenvalue weighted by atomic mass is 9.91. The van der Waals surface area contributed by atoms with Gasteiger partial charge in [0, 0.05) is 5.57 Å². The first-order valence-corrected chi connectivity index (χ1v) is 10.7. The molecule has 0 aromatic heterocycles. The van der Waals surface area contributed by atoms with E-state index >= 15 is 0 Å². The van der Waals surface area contributed by atoms with Crippen LogP contribution in [0.2, 0.25) is 0 Å². The largest absolute Gasteiger partial charge is 0.206 e. The van der Waals surface area contributed by atoms with Crippen molar-refractivity contribution >= 4 is 50.4 Å². The van der Waals surface area contributed by atoms with Crippen LogP contribution in [0.5, 0.6) is 0 Å². The summed E-state index contributed by atoms with van der Waals surface area (Å²) in [7, 11) is 0. The Balaban J connectivity index is 0.000000269. The van der Waals surface area contributed by atoms with Gasteiger partial charge in [-0.3, -0.25) is 0 Å². The van der Waals surface area contributed by atoms with Gasteiger partial charge in [-0.2, -0.15) is 33.7 Å². The smallest absolute Gasteiger partial charge is 0.181 e. The van der Waals surface area contributed by atoms with Gasteiger partial charge in [0.15, 0.2) is 11.4 Å². The molecule has 0 bridgehead atoms. The zero-order valence-electron chi connectivity index (χ0n) is 18.9. The number of benzene rings is 1. The number of allylic oxidation sites excluding steroid dienone is 8. The van der Waals surface area contributed by atoms with Crippen LogP contribution in [0.1, 0.15) is 25.0 Å². The second-order valence-corrected chi connectivity index (χ2v) is 7.75. The van der Waals surface area contributed by atoms with Gasteiger partial charge in [0.2, 0.25) is 12.4 Å². The summed E-state index contributed by atoms with van der Waals surface area (Å²) in [6.45, 7) is 20.9. The summed E-state index contributed by atoms with van der Waals surface area (Å²) in [6.07, 6.45) is 12.2. The fourth-order valence-electron chi connectivity index (χ4n) is 2.98. The summed E-state index contributed by atoms with van der Waals surface area (Å²) in [6, 6.07) is 7.73. The van der Waals surface area contributed by atoms with Crippen molar-refractivity contribution in [3.8, 4) is 12.4 Å². The normalized spacial score (nSPS) is 19.1. The molecule has 0 saturated heterocycles. The van der Waals surface area contributed by atoms with Gasteiger partial charge in [0.25, 0.3) is 0 Å². The monoisotopic (exact) mass is 520 g/mol. The number of aliphatic imine (C=N–C) groups is 2. The molecule has 0 saturated carbocycles. The molecule has 0 spiro atoms. The molecule has 0 atom stereocenters. The Morgan fingerprint density at radius 3 is 1.86 bits per heavy atom. The molecule has 0 heterocycles. The summed E-state index contributed by atoms with van der Waals surface area (Å²) in [5.41, 5.74) is 6.63. The molecule has 1 aromatic rings. The van der Waals surface area contributed by atoms with Crippen molar-refractivity contribution in [1.82, 2.24) is 0 Å².